The number of hydrogen-bond acceptors (Lipinski definition) is 5. The number of thiazole rings is 1. The molecule has 2 heterocycles. The number of nitrogens with two attached hydrogens (primary N) is 1. The van der Waals surface area contributed by atoms with E-state index in [9.17, 15) is 0 Å². The molecule has 14 heavy (non-hydrogen) atoms. The van der Waals surface area contributed by atoms with Crippen molar-refractivity contribution < 1.29 is 0 Å². The Morgan fingerprint density at radius 2 is 2.43 bits per heavy atom. The van der Waals surface area contributed by atoms with Gasteiger partial charge in [0.25, 0.3) is 0 Å². The zero-order valence-electron chi connectivity index (χ0n) is 7.53. The van der Waals surface area contributed by atoms with E-state index in [1.165, 1.54) is 11.3 Å². The normalized spacial score (nSPS) is 10.3. The molecule has 0 aromatic carbocycles. The zero-order chi connectivity index (χ0) is 9.80. The fraction of sp³-hybridized carbons (Fsp3) is 0.250. The second kappa shape index (κ2) is 4.10. The Bertz CT molecular complexity index is 380. The molecule has 4 N–H and O–H groups in total. The average molecular weight is 209 g/mol. The lowest BCUT2D eigenvalue weighted by atomic mass is 10.4. The third-order valence-corrected chi connectivity index (χ3v) is 2.50. The molecule has 0 bridgehead atoms. The molecule has 0 atom stereocenters. The van der Waals surface area contributed by atoms with Gasteiger partial charge in [0.2, 0.25) is 0 Å². The Labute approximate surface area is 85.4 Å². The summed E-state index contributed by atoms with van der Waals surface area (Å²) in [6.45, 7) is 0.806. The van der Waals surface area contributed by atoms with E-state index in [-0.39, 0.29) is 0 Å². The third-order valence-electron chi connectivity index (χ3n) is 1.72. The Kier molecular flexibility index (Phi) is 2.64. The Balaban J connectivity index is 1.78. The standard InChI is InChI=1S/C8H11N5S/c9-6-5-13-8(14-6)12-2-1-7-10-3-4-11-7/h3-5H,1-2,9H2,(H,10,11)(H,12,13). The number of anilines is 2. The quantitative estimate of drug-likeness (QED) is 0.704. The highest BCUT2D eigenvalue weighted by Crippen LogP contribution is 2.18. The van der Waals surface area contributed by atoms with E-state index in [0.717, 1.165) is 28.9 Å². The molecule has 0 spiro atoms. The summed E-state index contributed by atoms with van der Waals surface area (Å²) in [7, 11) is 0. The van der Waals surface area contributed by atoms with Crippen LogP contribution in [0.25, 0.3) is 0 Å². The van der Waals surface area contributed by atoms with Gasteiger partial charge in [0.1, 0.15) is 10.8 Å². The van der Waals surface area contributed by atoms with Crippen molar-refractivity contribution in [3.05, 3.63) is 24.4 Å². The highest BCUT2D eigenvalue weighted by Gasteiger charge is 1.98. The lowest BCUT2D eigenvalue weighted by Crippen LogP contribution is -2.05. The van der Waals surface area contributed by atoms with Crippen LogP contribution in [0.3, 0.4) is 0 Å². The van der Waals surface area contributed by atoms with Crippen LogP contribution in [0.4, 0.5) is 10.1 Å². The maximum absolute atomic E-state index is 5.54. The molecule has 74 valence electrons. The van der Waals surface area contributed by atoms with Gasteiger partial charge in [-0.25, -0.2) is 9.97 Å². The van der Waals surface area contributed by atoms with Gasteiger partial charge in [-0.2, -0.15) is 0 Å². The van der Waals surface area contributed by atoms with E-state index >= 15 is 0 Å². The number of nitrogens with zero attached hydrogens (tertiary/aromatic N) is 2. The fourth-order valence-electron chi connectivity index (χ4n) is 1.09. The van der Waals surface area contributed by atoms with E-state index in [4.69, 9.17) is 5.73 Å². The van der Waals surface area contributed by atoms with Gasteiger partial charge in [-0.05, 0) is 0 Å². The van der Waals surface area contributed by atoms with Crippen LogP contribution in [0.1, 0.15) is 5.82 Å². The molecular weight excluding hydrogens is 198 g/mol. The minimum Gasteiger partial charge on any atom is -0.389 e. The minimum atomic E-state index is 0.727. The van der Waals surface area contributed by atoms with Gasteiger partial charge in [0.05, 0.1) is 6.20 Å². The summed E-state index contributed by atoms with van der Waals surface area (Å²) in [4.78, 5) is 11.2. The van der Waals surface area contributed by atoms with Gasteiger partial charge >= 0.3 is 0 Å². The molecule has 0 aliphatic carbocycles. The molecule has 2 rings (SSSR count). The van der Waals surface area contributed by atoms with Gasteiger partial charge in [0.15, 0.2) is 5.13 Å². The highest BCUT2D eigenvalue weighted by atomic mass is 32.1. The summed E-state index contributed by atoms with van der Waals surface area (Å²) in [5, 5.41) is 4.75. The number of H-pyrrole nitrogens is 1. The number of nitrogens with one attached hydrogen (secondary N) is 2. The maximum atomic E-state index is 5.54. The average Bonchev–Trinajstić information content (AvgIpc) is 2.77. The van der Waals surface area contributed by atoms with E-state index in [0.29, 0.717) is 0 Å². The zero-order valence-corrected chi connectivity index (χ0v) is 8.34. The number of hydrogen-bond donors (Lipinski definition) is 3. The lowest BCUT2D eigenvalue weighted by molar-refractivity contribution is 0.926. The number of nitrogen functional groups attached to an aromatic ring is 1. The molecule has 2 aromatic rings. The highest BCUT2D eigenvalue weighted by molar-refractivity contribution is 7.19. The van der Waals surface area contributed by atoms with Gasteiger partial charge < -0.3 is 16.0 Å². The second-order valence-corrected chi connectivity index (χ2v) is 3.84. The molecule has 0 aliphatic heterocycles. The Hall–Kier alpha value is -1.56. The second-order valence-electron chi connectivity index (χ2n) is 2.78. The van der Waals surface area contributed by atoms with Crippen LogP contribution in [-0.4, -0.2) is 21.5 Å². The van der Waals surface area contributed by atoms with Crippen LogP contribution < -0.4 is 11.1 Å². The van der Waals surface area contributed by atoms with E-state index in [1.54, 1.807) is 12.4 Å². The molecule has 5 nitrogen and oxygen atoms in total. The summed E-state index contributed by atoms with van der Waals surface area (Å²) < 4.78 is 0. The van der Waals surface area contributed by atoms with E-state index in [1.807, 2.05) is 6.20 Å². The predicted octanol–water partition coefficient (Wildman–Crippen LogP) is 1.10. The predicted molar refractivity (Wildman–Crippen MR) is 57.3 cm³/mol. The van der Waals surface area contributed by atoms with Crippen molar-refractivity contribution in [3.8, 4) is 0 Å². The Morgan fingerprint density at radius 3 is 3.07 bits per heavy atom. The molecule has 0 aliphatic rings. The first-order valence-corrected chi connectivity index (χ1v) is 5.09. The summed E-state index contributed by atoms with van der Waals surface area (Å²) in [5.41, 5.74) is 5.54. The van der Waals surface area contributed by atoms with Crippen LogP contribution in [0.15, 0.2) is 18.6 Å². The molecule has 0 radical (unpaired) electrons. The SMILES string of the molecule is Nc1cnc(NCCc2ncc[nH]2)s1. The summed E-state index contributed by atoms with van der Waals surface area (Å²) in [5.74, 6) is 0.974. The van der Waals surface area contributed by atoms with Crippen molar-refractivity contribution in [1.29, 1.82) is 0 Å². The monoisotopic (exact) mass is 209 g/mol. The lowest BCUT2D eigenvalue weighted by Gasteiger charge is -1.99. The maximum Gasteiger partial charge on any atom is 0.184 e. The van der Waals surface area contributed by atoms with E-state index in [2.05, 4.69) is 20.3 Å². The molecule has 0 saturated carbocycles. The van der Waals surface area contributed by atoms with Gasteiger partial charge in [-0.1, -0.05) is 11.3 Å². The van der Waals surface area contributed by atoms with Gasteiger partial charge in [-0.3, -0.25) is 0 Å². The van der Waals surface area contributed by atoms with Gasteiger partial charge in [-0.15, -0.1) is 0 Å². The summed E-state index contributed by atoms with van der Waals surface area (Å²) in [6.07, 6.45) is 6.07. The van der Waals surface area contributed by atoms with Crippen LogP contribution in [0.5, 0.6) is 0 Å². The fourth-order valence-corrected chi connectivity index (χ4v) is 1.70. The first kappa shape index (κ1) is 9.01. The summed E-state index contributed by atoms with van der Waals surface area (Å²) >= 11 is 1.45. The van der Waals surface area contributed by atoms with Crippen molar-refractivity contribution in [3.63, 3.8) is 0 Å². The van der Waals surface area contributed by atoms with Crippen molar-refractivity contribution in [1.82, 2.24) is 15.0 Å². The smallest absolute Gasteiger partial charge is 0.184 e. The topological polar surface area (TPSA) is 79.6 Å². The third kappa shape index (κ3) is 2.23. The first-order valence-electron chi connectivity index (χ1n) is 4.28. The molecule has 0 fully saturated rings. The van der Waals surface area contributed by atoms with E-state index < -0.39 is 0 Å². The van der Waals surface area contributed by atoms with Crippen molar-refractivity contribution in [2.24, 2.45) is 0 Å². The Morgan fingerprint density at radius 1 is 1.50 bits per heavy atom. The van der Waals surface area contributed by atoms with Crippen molar-refractivity contribution >= 4 is 21.5 Å². The van der Waals surface area contributed by atoms with Crippen molar-refractivity contribution in [2.45, 2.75) is 6.42 Å². The van der Waals surface area contributed by atoms with Crippen LogP contribution in [0.2, 0.25) is 0 Å². The van der Waals surface area contributed by atoms with Crippen LogP contribution in [0, 0.1) is 0 Å². The molecule has 0 amide bonds. The largest absolute Gasteiger partial charge is 0.389 e. The van der Waals surface area contributed by atoms with Crippen LogP contribution >= 0.6 is 11.3 Å². The molecule has 6 heteroatoms. The number of imidazole rings is 1. The number of rotatable bonds is 4. The molecule has 0 unspecified atom stereocenters. The minimum absolute atomic E-state index is 0.727. The summed E-state index contributed by atoms with van der Waals surface area (Å²) in [6, 6.07) is 0. The first-order chi connectivity index (χ1) is 6.84. The molecule has 0 saturated heterocycles. The molecule has 2 aromatic heterocycles. The number of aromatic nitrogens is 3. The van der Waals surface area contributed by atoms with Gasteiger partial charge in [0, 0.05) is 25.4 Å². The number of aromatic amines is 1. The van der Waals surface area contributed by atoms with Crippen LogP contribution in [-0.2, 0) is 6.42 Å². The molecular formula is C8H11N5S. The van der Waals surface area contributed by atoms with Crippen molar-refractivity contribution in [2.75, 3.05) is 17.6 Å².